The van der Waals surface area contributed by atoms with Crippen LogP contribution in [0.3, 0.4) is 0 Å². The van der Waals surface area contributed by atoms with Gasteiger partial charge in [-0.15, -0.1) is 12.4 Å². The summed E-state index contributed by atoms with van der Waals surface area (Å²) < 4.78 is 0. The zero-order valence-corrected chi connectivity index (χ0v) is 14.0. The zero-order chi connectivity index (χ0) is 15.1. The van der Waals surface area contributed by atoms with Crippen LogP contribution in [0, 0.1) is 13.8 Å². The summed E-state index contributed by atoms with van der Waals surface area (Å²) in [4.78, 5) is 23.8. The quantitative estimate of drug-likeness (QED) is 0.760. The molecule has 0 radical (unpaired) electrons. The topological polar surface area (TPSA) is 58.2 Å². The average molecular weight is 313 g/mol. The van der Waals surface area contributed by atoms with Crippen LogP contribution in [-0.4, -0.2) is 31.3 Å². The number of amides is 1. The minimum absolute atomic E-state index is 0. The van der Waals surface area contributed by atoms with Gasteiger partial charge in [0.1, 0.15) is 0 Å². The Labute approximate surface area is 133 Å². The number of ketones is 1. The van der Waals surface area contributed by atoms with Crippen molar-refractivity contribution in [3.63, 3.8) is 0 Å². The molecule has 2 N–H and O–H groups in total. The van der Waals surface area contributed by atoms with Crippen molar-refractivity contribution in [1.82, 2.24) is 10.6 Å². The first-order valence-electron chi connectivity index (χ1n) is 6.98. The van der Waals surface area contributed by atoms with Crippen LogP contribution in [0.2, 0.25) is 0 Å². The Bertz CT molecular complexity index is 489. The average Bonchev–Trinajstić information content (AvgIpc) is 2.44. The molecule has 0 fully saturated rings. The van der Waals surface area contributed by atoms with Crippen molar-refractivity contribution in [3.05, 3.63) is 34.9 Å². The van der Waals surface area contributed by atoms with E-state index < -0.39 is 0 Å². The summed E-state index contributed by atoms with van der Waals surface area (Å²) in [6, 6.07) is 6.04. The fourth-order valence-electron chi connectivity index (χ4n) is 1.86. The number of benzene rings is 1. The largest absolute Gasteiger partial charge is 0.355 e. The van der Waals surface area contributed by atoms with E-state index in [0.29, 0.717) is 6.54 Å². The molecular weight excluding hydrogens is 288 g/mol. The van der Waals surface area contributed by atoms with E-state index in [1.807, 2.05) is 46.0 Å². The summed E-state index contributed by atoms with van der Waals surface area (Å²) in [6.07, 6.45) is 0.493. The predicted octanol–water partition coefficient (Wildman–Crippen LogP) is 2.41. The van der Waals surface area contributed by atoms with Gasteiger partial charge in [0, 0.05) is 31.0 Å². The van der Waals surface area contributed by atoms with Crippen LogP contribution < -0.4 is 10.6 Å². The van der Waals surface area contributed by atoms with Crippen LogP contribution in [0.5, 0.6) is 0 Å². The van der Waals surface area contributed by atoms with Crippen molar-refractivity contribution in [2.24, 2.45) is 0 Å². The summed E-state index contributed by atoms with van der Waals surface area (Å²) in [6.45, 7) is 6.44. The Morgan fingerprint density at radius 1 is 1.19 bits per heavy atom. The third-order valence-electron chi connectivity index (χ3n) is 3.37. The van der Waals surface area contributed by atoms with E-state index in [1.165, 1.54) is 0 Å². The summed E-state index contributed by atoms with van der Waals surface area (Å²) in [7, 11) is 1.85. The van der Waals surface area contributed by atoms with Crippen LogP contribution in [0.25, 0.3) is 0 Å². The second-order valence-corrected chi connectivity index (χ2v) is 5.24. The van der Waals surface area contributed by atoms with Gasteiger partial charge in [-0.25, -0.2) is 0 Å². The first kappa shape index (κ1) is 19.6. The molecule has 0 aliphatic rings. The van der Waals surface area contributed by atoms with E-state index in [4.69, 9.17) is 0 Å². The fraction of sp³-hybridized carbons (Fsp3) is 0.500. The molecule has 1 atom stereocenters. The van der Waals surface area contributed by atoms with Gasteiger partial charge in [0.15, 0.2) is 5.78 Å². The first-order valence-corrected chi connectivity index (χ1v) is 6.98. The van der Waals surface area contributed by atoms with Crippen LogP contribution >= 0.6 is 12.4 Å². The summed E-state index contributed by atoms with van der Waals surface area (Å²) in [5.74, 6) is -0.0474. The monoisotopic (exact) mass is 312 g/mol. The third kappa shape index (κ3) is 6.74. The minimum atomic E-state index is -0.0780. The number of Topliss-reactive ketones (excluding diaryl/α,β-unsaturated/α-hetero) is 1. The molecular formula is C16H25ClN2O2. The molecule has 0 aliphatic heterocycles. The molecule has 21 heavy (non-hydrogen) atoms. The lowest BCUT2D eigenvalue weighted by Crippen LogP contribution is -2.37. The molecule has 0 saturated carbocycles. The van der Waals surface area contributed by atoms with Gasteiger partial charge in [-0.1, -0.05) is 17.7 Å². The van der Waals surface area contributed by atoms with E-state index in [9.17, 15) is 9.59 Å². The van der Waals surface area contributed by atoms with E-state index in [0.717, 1.165) is 16.7 Å². The number of carbonyl (C=O) groups is 2. The number of carbonyl (C=O) groups excluding carboxylic acids is 2. The lowest BCUT2D eigenvalue weighted by Gasteiger charge is -2.11. The highest BCUT2D eigenvalue weighted by molar-refractivity contribution is 5.99. The van der Waals surface area contributed by atoms with E-state index in [1.54, 1.807) is 0 Å². The Hall–Kier alpha value is -1.39. The van der Waals surface area contributed by atoms with Crippen molar-refractivity contribution in [2.75, 3.05) is 13.6 Å². The number of rotatable bonds is 7. The SMILES string of the molecule is CNC(C)CNC(=O)CCC(=O)c1cc(C)ccc1C.Cl. The van der Waals surface area contributed by atoms with Crippen molar-refractivity contribution in [3.8, 4) is 0 Å². The van der Waals surface area contributed by atoms with Gasteiger partial charge in [0.05, 0.1) is 0 Å². The smallest absolute Gasteiger partial charge is 0.220 e. The lowest BCUT2D eigenvalue weighted by atomic mass is 9.99. The molecule has 1 amide bonds. The van der Waals surface area contributed by atoms with Gasteiger partial charge >= 0.3 is 0 Å². The third-order valence-corrected chi connectivity index (χ3v) is 3.37. The molecule has 0 spiro atoms. The highest BCUT2D eigenvalue weighted by Crippen LogP contribution is 2.13. The van der Waals surface area contributed by atoms with Crippen LogP contribution in [-0.2, 0) is 4.79 Å². The maximum absolute atomic E-state index is 12.1. The molecule has 5 heteroatoms. The van der Waals surface area contributed by atoms with Gasteiger partial charge in [0.2, 0.25) is 5.91 Å². The Balaban J connectivity index is 0.00000400. The Kier molecular flexibility index (Phi) is 8.90. The van der Waals surface area contributed by atoms with Gasteiger partial charge < -0.3 is 10.6 Å². The molecule has 1 aromatic rings. The summed E-state index contributed by atoms with van der Waals surface area (Å²) >= 11 is 0. The molecule has 0 aliphatic carbocycles. The first-order chi connectivity index (χ1) is 9.43. The number of hydrogen-bond donors (Lipinski definition) is 2. The summed E-state index contributed by atoms with van der Waals surface area (Å²) in [5, 5.41) is 5.86. The molecule has 1 unspecified atom stereocenters. The maximum atomic E-state index is 12.1. The number of aryl methyl sites for hydroxylation is 2. The van der Waals surface area contributed by atoms with Crippen molar-refractivity contribution >= 4 is 24.1 Å². The Morgan fingerprint density at radius 3 is 2.48 bits per heavy atom. The molecule has 0 bridgehead atoms. The predicted molar refractivity (Wildman–Crippen MR) is 88.3 cm³/mol. The van der Waals surface area contributed by atoms with E-state index in [-0.39, 0.29) is 43.0 Å². The number of hydrogen-bond acceptors (Lipinski definition) is 3. The zero-order valence-electron chi connectivity index (χ0n) is 13.2. The Morgan fingerprint density at radius 2 is 1.86 bits per heavy atom. The van der Waals surface area contributed by atoms with Gasteiger partial charge in [-0.3, -0.25) is 9.59 Å². The maximum Gasteiger partial charge on any atom is 0.220 e. The molecule has 0 aromatic heterocycles. The molecule has 0 heterocycles. The van der Waals surface area contributed by atoms with Gasteiger partial charge in [-0.05, 0) is 39.4 Å². The molecule has 118 valence electrons. The van der Waals surface area contributed by atoms with Crippen LogP contribution in [0.1, 0.15) is 41.3 Å². The highest BCUT2D eigenvalue weighted by Gasteiger charge is 2.12. The number of halogens is 1. The van der Waals surface area contributed by atoms with Crippen molar-refractivity contribution < 1.29 is 9.59 Å². The fourth-order valence-corrected chi connectivity index (χ4v) is 1.86. The second-order valence-electron chi connectivity index (χ2n) is 5.24. The molecule has 1 rings (SSSR count). The van der Waals surface area contributed by atoms with Gasteiger partial charge in [-0.2, -0.15) is 0 Å². The van der Waals surface area contributed by atoms with Crippen molar-refractivity contribution in [1.29, 1.82) is 0 Å². The molecule has 0 saturated heterocycles. The van der Waals surface area contributed by atoms with E-state index >= 15 is 0 Å². The number of likely N-dealkylation sites (N-methyl/N-ethyl adjacent to an activating group) is 1. The van der Waals surface area contributed by atoms with Crippen LogP contribution in [0.4, 0.5) is 0 Å². The summed E-state index contributed by atoms with van der Waals surface area (Å²) in [5.41, 5.74) is 2.75. The van der Waals surface area contributed by atoms with Crippen molar-refractivity contribution in [2.45, 2.75) is 39.7 Å². The van der Waals surface area contributed by atoms with Gasteiger partial charge in [0.25, 0.3) is 0 Å². The van der Waals surface area contributed by atoms with Crippen LogP contribution in [0.15, 0.2) is 18.2 Å². The number of nitrogens with one attached hydrogen (secondary N) is 2. The normalized spacial score (nSPS) is 11.4. The molecule has 1 aromatic carbocycles. The lowest BCUT2D eigenvalue weighted by molar-refractivity contribution is -0.121. The standard InChI is InChI=1S/C16H24N2O2.ClH/c1-11-5-6-12(2)14(9-11)15(19)7-8-16(20)18-10-13(3)17-4;/h5-6,9,13,17H,7-8,10H2,1-4H3,(H,18,20);1H. The second kappa shape index (κ2) is 9.53. The highest BCUT2D eigenvalue weighted by atomic mass is 35.5. The molecule has 4 nitrogen and oxygen atoms in total. The minimum Gasteiger partial charge on any atom is -0.355 e. The van der Waals surface area contributed by atoms with E-state index in [2.05, 4.69) is 10.6 Å².